The molecule has 0 radical (unpaired) electrons. The van der Waals surface area contributed by atoms with Crippen LogP contribution in [0.25, 0.3) is 10.2 Å². The second-order valence-corrected chi connectivity index (χ2v) is 11.9. The van der Waals surface area contributed by atoms with Gasteiger partial charge < -0.3 is 14.2 Å². The van der Waals surface area contributed by atoms with Crippen molar-refractivity contribution in [3.8, 4) is 11.5 Å². The highest BCUT2D eigenvalue weighted by Gasteiger charge is 2.25. The summed E-state index contributed by atoms with van der Waals surface area (Å²) in [5, 5.41) is 0.552. The van der Waals surface area contributed by atoms with Crippen molar-refractivity contribution in [3.63, 3.8) is 0 Å². The van der Waals surface area contributed by atoms with Gasteiger partial charge in [-0.1, -0.05) is 17.4 Å². The topological polar surface area (TPSA) is 98.3 Å². The van der Waals surface area contributed by atoms with Gasteiger partial charge in [0, 0.05) is 32.6 Å². The van der Waals surface area contributed by atoms with Crippen LogP contribution < -0.4 is 14.4 Å². The number of carbonyl (C=O) groups excluding carboxylic acids is 1. The van der Waals surface area contributed by atoms with Crippen molar-refractivity contribution in [1.29, 1.82) is 0 Å². The van der Waals surface area contributed by atoms with Crippen LogP contribution in [0.1, 0.15) is 18.4 Å². The molecule has 9 nitrogen and oxygen atoms in total. The van der Waals surface area contributed by atoms with Crippen molar-refractivity contribution in [1.82, 2.24) is 9.88 Å². The molecule has 4 rings (SSSR count). The number of fused-ring (bicyclic) bond motifs is 1. The Morgan fingerprint density at radius 3 is 2.51 bits per heavy atom. The number of rotatable bonds is 11. The van der Waals surface area contributed by atoms with E-state index in [2.05, 4.69) is 4.90 Å². The summed E-state index contributed by atoms with van der Waals surface area (Å²) in [7, 11) is -0.519. The molecule has 37 heavy (non-hydrogen) atoms. The SMILES string of the molecule is COc1ccc(S(=O)(=O)CCC(=O)N(CCCN2CCOCC2)c2nc3c(OC)ccc(C)c3s2)cc1. The minimum atomic E-state index is -3.64. The Morgan fingerprint density at radius 1 is 1.11 bits per heavy atom. The molecular formula is C26H33N3O6S2. The van der Waals surface area contributed by atoms with Gasteiger partial charge in [0.2, 0.25) is 5.91 Å². The number of amides is 1. The molecule has 0 N–H and O–H groups in total. The summed E-state index contributed by atoms with van der Waals surface area (Å²) in [4.78, 5) is 22.3. The van der Waals surface area contributed by atoms with Gasteiger partial charge in [-0.25, -0.2) is 13.4 Å². The summed E-state index contributed by atoms with van der Waals surface area (Å²) >= 11 is 1.43. The molecule has 1 saturated heterocycles. The summed E-state index contributed by atoms with van der Waals surface area (Å²) in [5.41, 5.74) is 1.75. The van der Waals surface area contributed by atoms with Gasteiger partial charge >= 0.3 is 0 Å². The predicted molar refractivity (Wildman–Crippen MR) is 145 cm³/mol. The maximum Gasteiger partial charge on any atom is 0.229 e. The second-order valence-electron chi connectivity index (χ2n) is 8.86. The number of anilines is 1. The van der Waals surface area contributed by atoms with Crippen LogP contribution >= 0.6 is 11.3 Å². The average Bonchev–Trinajstić information content (AvgIpc) is 3.37. The van der Waals surface area contributed by atoms with Crippen LogP contribution in [0.3, 0.4) is 0 Å². The molecule has 3 aromatic rings. The Balaban J connectivity index is 1.53. The fourth-order valence-electron chi connectivity index (χ4n) is 4.24. The highest BCUT2D eigenvalue weighted by atomic mass is 32.2. The van der Waals surface area contributed by atoms with Gasteiger partial charge in [-0.3, -0.25) is 14.6 Å². The molecule has 0 aliphatic carbocycles. The molecule has 2 aromatic carbocycles. The zero-order valence-electron chi connectivity index (χ0n) is 21.4. The highest BCUT2D eigenvalue weighted by Crippen LogP contribution is 2.36. The maximum absolute atomic E-state index is 13.5. The Morgan fingerprint density at radius 2 is 1.84 bits per heavy atom. The van der Waals surface area contributed by atoms with Gasteiger partial charge in [-0.05, 0) is 49.2 Å². The van der Waals surface area contributed by atoms with Gasteiger partial charge in [0.25, 0.3) is 0 Å². The third-order valence-electron chi connectivity index (χ3n) is 6.41. The normalized spacial score (nSPS) is 14.6. The number of nitrogens with zero attached hydrogens (tertiary/aromatic N) is 3. The van der Waals surface area contributed by atoms with E-state index in [0.29, 0.717) is 41.9 Å². The molecule has 1 aliphatic rings. The highest BCUT2D eigenvalue weighted by molar-refractivity contribution is 7.91. The minimum Gasteiger partial charge on any atom is -0.497 e. The molecule has 1 amide bonds. The lowest BCUT2D eigenvalue weighted by molar-refractivity contribution is -0.118. The third-order valence-corrected chi connectivity index (χ3v) is 9.35. The summed E-state index contributed by atoms with van der Waals surface area (Å²) in [6, 6.07) is 10.0. The second kappa shape index (κ2) is 12.2. The van der Waals surface area contributed by atoms with Gasteiger partial charge in [-0.2, -0.15) is 0 Å². The minimum absolute atomic E-state index is 0.141. The lowest BCUT2D eigenvalue weighted by Gasteiger charge is -2.27. The Bertz CT molecular complexity index is 1320. The van der Waals surface area contributed by atoms with Crippen LogP contribution in [0.5, 0.6) is 11.5 Å². The van der Waals surface area contributed by atoms with E-state index in [0.717, 1.165) is 36.3 Å². The van der Waals surface area contributed by atoms with E-state index in [1.807, 2.05) is 19.1 Å². The molecule has 1 aromatic heterocycles. The maximum atomic E-state index is 13.5. The molecule has 0 spiro atoms. The molecule has 0 bridgehead atoms. The number of sulfone groups is 1. The van der Waals surface area contributed by atoms with E-state index in [1.165, 1.54) is 30.6 Å². The van der Waals surface area contributed by atoms with Crippen molar-refractivity contribution in [2.24, 2.45) is 0 Å². The van der Waals surface area contributed by atoms with Crippen LogP contribution in [-0.2, 0) is 19.4 Å². The van der Waals surface area contributed by atoms with E-state index < -0.39 is 9.84 Å². The molecule has 11 heteroatoms. The van der Waals surface area contributed by atoms with E-state index in [1.54, 1.807) is 24.1 Å². The predicted octanol–water partition coefficient (Wildman–Crippen LogP) is 3.54. The molecule has 0 atom stereocenters. The monoisotopic (exact) mass is 547 g/mol. The smallest absolute Gasteiger partial charge is 0.229 e. The molecule has 2 heterocycles. The lowest BCUT2D eigenvalue weighted by atomic mass is 10.2. The average molecular weight is 548 g/mol. The van der Waals surface area contributed by atoms with Crippen LogP contribution in [0.4, 0.5) is 5.13 Å². The number of aryl methyl sites for hydroxylation is 1. The number of benzene rings is 2. The van der Waals surface area contributed by atoms with E-state index in [9.17, 15) is 13.2 Å². The number of aromatic nitrogens is 1. The molecule has 0 saturated carbocycles. The van der Waals surface area contributed by atoms with E-state index in [-0.39, 0.29) is 23.0 Å². The van der Waals surface area contributed by atoms with Gasteiger partial charge in [0.05, 0.1) is 42.8 Å². The van der Waals surface area contributed by atoms with E-state index in [4.69, 9.17) is 19.2 Å². The van der Waals surface area contributed by atoms with Crippen LogP contribution in [0.15, 0.2) is 41.3 Å². The number of hydrogen-bond donors (Lipinski definition) is 0. The summed E-state index contributed by atoms with van der Waals surface area (Å²) in [5.74, 6) is 0.661. The molecule has 1 fully saturated rings. The van der Waals surface area contributed by atoms with Crippen molar-refractivity contribution in [2.75, 3.05) is 64.3 Å². The fraction of sp³-hybridized carbons (Fsp3) is 0.462. The van der Waals surface area contributed by atoms with E-state index >= 15 is 0 Å². The third kappa shape index (κ3) is 6.59. The Labute approximate surface area is 221 Å². The first-order valence-corrected chi connectivity index (χ1v) is 14.7. The number of ether oxygens (including phenoxy) is 3. The largest absolute Gasteiger partial charge is 0.497 e. The number of thiazole rings is 1. The first-order valence-electron chi connectivity index (χ1n) is 12.2. The first-order chi connectivity index (χ1) is 17.8. The van der Waals surface area contributed by atoms with Crippen LogP contribution in [0.2, 0.25) is 0 Å². The number of hydrogen-bond acceptors (Lipinski definition) is 9. The zero-order valence-corrected chi connectivity index (χ0v) is 23.1. The standard InChI is InChI=1S/C26H33N3O6S2/c1-19-5-10-22(34-3)24-25(19)36-26(27-24)29(13-4-12-28-14-16-35-17-15-28)23(30)11-18-37(31,32)21-8-6-20(33-2)7-9-21/h5-10H,4,11-18H2,1-3H3. The Hall–Kier alpha value is -2.73. The Kier molecular flexibility index (Phi) is 9.01. The van der Waals surface area contributed by atoms with Crippen molar-refractivity contribution < 1.29 is 27.4 Å². The molecule has 200 valence electrons. The van der Waals surface area contributed by atoms with Crippen LogP contribution in [0, 0.1) is 6.92 Å². The zero-order chi connectivity index (χ0) is 26.4. The molecule has 0 unspecified atom stereocenters. The fourth-order valence-corrected chi connectivity index (χ4v) is 6.56. The number of morpholine rings is 1. The lowest BCUT2D eigenvalue weighted by Crippen LogP contribution is -2.39. The van der Waals surface area contributed by atoms with Gasteiger partial charge in [0.15, 0.2) is 15.0 Å². The van der Waals surface area contributed by atoms with Crippen molar-refractivity contribution in [2.45, 2.75) is 24.7 Å². The van der Waals surface area contributed by atoms with Gasteiger partial charge in [0.1, 0.15) is 17.0 Å². The quantitative estimate of drug-likeness (QED) is 0.360. The van der Waals surface area contributed by atoms with Gasteiger partial charge in [-0.15, -0.1) is 0 Å². The summed E-state index contributed by atoms with van der Waals surface area (Å²) in [6.07, 6.45) is 0.598. The molecular weight excluding hydrogens is 514 g/mol. The first kappa shape index (κ1) is 27.3. The molecule has 1 aliphatic heterocycles. The summed E-state index contributed by atoms with van der Waals surface area (Å²) in [6.45, 7) is 6.42. The number of methoxy groups -OCH3 is 2. The number of carbonyl (C=O) groups is 1. The van der Waals surface area contributed by atoms with Crippen LogP contribution in [-0.4, -0.2) is 83.6 Å². The summed E-state index contributed by atoms with van der Waals surface area (Å²) < 4.78 is 42.8. The van der Waals surface area contributed by atoms with Crippen molar-refractivity contribution >= 4 is 42.4 Å². The van der Waals surface area contributed by atoms with Crippen molar-refractivity contribution in [3.05, 3.63) is 42.0 Å².